The van der Waals surface area contributed by atoms with Crippen LogP contribution in [0.5, 0.6) is 0 Å². The van der Waals surface area contributed by atoms with Crippen molar-refractivity contribution in [3.63, 3.8) is 0 Å². The van der Waals surface area contributed by atoms with E-state index in [1.165, 1.54) is 11.3 Å². The Morgan fingerprint density at radius 1 is 1.24 bits per heavy atom. The Hall–Kier alpha value is -2.54. The maximum atomic E-state index is 13.1. The smallest absolute Gasteiger partial charge is 0.266 e. The Balaban J connectivity index is 1.88. The Morgan fingerprint density at radius 3 is 2.56 bits per heavy atom. The Kier molecular flexibility index (Phi) is 4.94. The van der Waals surface area contributed by atoms with E-state index in [0.717, 1.165) is 11.5 Å². The molecule has 3 heterocycles. The lowest BCUT2D eigenvalue weighted by Crippen LogP contribution is -2.36. The quantitative estimate of drug-likeness (QED) is 0.694. The van der Waals surface area contributed by atoms with E-state index in [1.54, 1.807) is 23.4 Å². The van der Waals surface area contributed by atoms with Gasteiger partial charge >= 0.3 is 0 Å². The molecule has 0 aliphatic carbocycles. The predicted octanol–water partition coefficient (Wildman–Crippen LogP) is 3.86. The second-order valence-corrected chi connectivity index (χ2v) is 7.04. The third kappa shape index (κ3) is 3.76. The van der Waals surface area contributed by atoms with Crippen LogP contribution < -0.4 is 0 Å². The van der Waals surface area contributed by atoms with Crippen LogP contribution in [0.3, 0.4) is 0 Å². The molecule has 7 heteroatoms. The first-order valence-electron chi connectivity index (χ1n) is 8.07. The summed E-state index contributed by atoms with van der Waals surface area (Å²) >= 11 is 1.32. The molecule has 0 atom stereocenters. The van der Waals surface area contributed by atoms with Crippen LogP contribution in [-0.2, 0) is 6.54 Å². The normalized spacial score (nSPS) is 11.1. The molecule has 0 saturated carbocycles. The number of hydrogen-bond acceptors (Lipinski definition) is 6. The summed E-state index contributed by atoms with van der Waals surface area (Å²) in [6.07, 6.45) is 3.33. The van der Waals surface area contributed by atoms with Crippen molar-refractivity contribution in [2.24, 2.45) is 0 Å². The molecule has 0 N–H and O–H groups in total. The molecular formula is C18H20N4O2S. The van der Waals surface area contributed by atoms with Gasteiger partial charge in [0.25, 0.3) is 5.91 Å². The first kappa shape index (κ1) is 17.3. The average molecular weight is 356 g/mol. The van der Waals surface area contributed by atoms with Crippen molar-refractivity contribution in [3.05, 3.63) is 52.7 Å². The highest BCUT2D eigenvalue weighted by atomic mass is 32.1. The van der Waals surface area contributed by atoms with Crippen LogP contribution >= 0.6 is 11.3 Å². The third-order valence-electron chi connectivity index (χ3n) is 3.75. The van der Waals surface area contributed by atoms with Crippen LogP contribution in [0, 0.1) is 13.8 Å². The van der Waals surface area contributed by atoms with Crippen LogP contribution in [0.1, 0.15) is 40.7 Å². The van der Waals surface area contributed by atoms with Gasteiger partial charge in [-0.3, -0.25) is 4.79 Å². The molecule has 6 nitrogen and oxygen atoms in total. The van der Waals surface area contributed by atoms with Crippen molar-refractivity contribution < 1.29 is 9.21 Å². The van der Waals surface area contributed by atoms with Gasteiger partial charge in [-0.25, -0.2) is 15.0 Å². The van der Waals surface area contributed by atoms with Crippen LogP contribution in [0.25, 0.3) is 10.8 Å². The zero-order valence-electron chi connectivity index (χ0n) is 14.7. The fourth-order valence-electron chi connectivity index (χ4n) is 2.46. The van der Waals surface area contributed by atoms with Crippen LogP contribution in [0.4, 0.5) is 0 Å². The van der Waals surface area contributed by atoms with Gasteiger partial charge in [0, 0.05) is 18.4 Å². The van der Waals surface area contributed by atoms with Crippen molar-refractivity contribution in [1.82, 2.24) is 19.9 Å². The summed E-state index contributed by atoms with van der Waals surface area (Å²) in [5.41, 5.74) is 0.693. The molecule has 0 bridgehead atoms. The highest BCUT2D eigenvalue weighted by molar-refractivity contribution is 7.17. The molecule has 130 valence electrons. The SMILES string of the molecule is Cc1ccc(CN(C(=O)c2sc(-c3ncccn3)nc2C)C(C)C)o1. The standard InChI is InChI=1S/C18H20N4O2S/c1-11(2)22(10-14-7-6-12(3)24-14)18(23)15-13(4)21-17(25-15)16-19-8-5-9-20-16/h5-9,11H,10H2,1-4H3. The maximum Gasteiger partial charge on any atom is 0.266 e. The van der Waals surface area contributed by atoms with E-state index < -0.39 is 0 Å². The monoisotopic (exact) mass is 356 g/mol. The fourth-order valence-corrected chi connectivity index (χ4v) is 3.43. The van der Waals surface area contributed by atoms with Gasteiger partial charge in [0.05, 0.1) is 12.2 Å². The zero-order valence-corrected chi connectivity index (χ0v) is 15.5. The van der Waals surface area contributed by atoms with E-state index >= 15 is 0 Å². The summed E-state index contributed by atoms with van der Waals surface area (Å²) < 4.78 is 5.63. The highest BCUT2D eigenvalue weighted by Gasteiger charge is 2.25. The molecule has 0 aliphatic rings. The Bertz CT molecular complexity index is 870. The van der Waals surface area contributed by atoms with Gasteiger partial charge < -0.3 is 9.32 Å². The molecule has 0 saturated heterocycles. The summed E-state index contributed by atoms with van der Waals surface area (Å²) in [6, 6.07) is 5.60. The fraction of sp³-hybridized carbons (Fsp3) is 0.333. The Labute approximate surface area is 150 Å². The van der Waals surface area contributed by atoms with Crippen molar-refractivity contribution in [2.75, 3.05) is 0 Å². The first-order valence-corrected chi connectivity index (χ1v) is 8.88. The molecule has 3 aromatic heterocycles. The summed E-state index contributed by atoms with van der Waals surface area (Å²) in [7, 11) is 0. The summed E-state index contributed by atoms with van der Waals surface area (Å²) in [4.78, 5) is 28.4. The number of furan rings is 1. The van der Waals surface area contributed by atoms with Crippen LogP contribution in [0.15, 0.2) is 35.0 Å². The molecule has 0 spiro atoms. The molecule has 0 aromatic carbocycles. The molecule has 0 fully saturated rings. The molecule has 3 rings (SSSR count). The molecule has 0 radical (unpaired) electrons. The molecule has 25 heavy (non-hydrogen) atoms. The summed E-state index contributed by atoms with van der Waals surface area (Å²) in [5.74, 6) is 2.09. The predicted molar refractivity (Wildman–Crippen MR) is 96.3 cm³/mol. The summed E-state index contributed by atoms with van der Waals surface area (Å²) in [5, 5.41) is 0.652. The molecule has 0 unspecified atom stereocenters. The van der Waals surface area contributed by atoms with Gasteiger partial charge in [0.2, 0.25) is 0 Å². The minimum atomic E-state index is -0.0544. The van der Waals surface area contributed by atoms with Crippen LogP contribution in [-0.4, -0.2) is 31.8 Å². The van der Waals surface area contributed by atoms with E-state index in [2.05, 4.69) is 15.0 Å². The number of aromatic nitrogens is 3. The number of rotatable bonds is 5. The lowest BCUT2D eigenvalue weighted by Gasteiger charge is -2.25. The number of thiazole rings is 1. The van der Waals surface area contributed by atoms with E-state index in [0.29, 0.717) is 27.9 Å². The number of nitrogens with zero attached hydrogens (tertiary/aromatic N) is 4. The van der Waals surface area contributed by atoms with E-state index in [1.807, 2.05) is 39.8 Å². The van der Waals surface area contributed by atoms with E-state index in [9.17, 15) is 4.79 Å². The number of carbonyl (C=O) groups excluding carboxylic acids is 1. The number of aryl methyl sites for hydroxylation is 2. The minimum Gasteiger partial charge on any atom is -0.464 e. The molecule has 1 amide bonds. The lowest BCUT2D eigenvalue weighted by molar-refractivity contribution is 0.0679. The van der Waals surface area contributed by atoms with Gasteiger partial charge in [-0.2, -0.15) is 0 Å². The zero-order chi connectivity index (χ0) is 18.0. The molecular weight excluding hydrogens is 336 g/mol. The van der Waals surface area contributed by atoms with Gasteiger partial charge in [0.1, 0.15) is 16.4 Å². The van der Waals surface area contributed by atoms with Crippen molar-refractivity contribution >= 4 is 17.2 Å². The van der Waals surface area contributed by atoms with Gasteiger partial charge in [0.15, 0.2) is 10.8 Å². The minimum absolute atomic E-state index is 0.0378. The molecule has 3 aromatic rings. The number of amides is 1. The van der Waals surface area contributed by atoms with Crippen molar-refractivity contribution in [1.29, 1.82) is 0 Å². The van der Waals surface area contributed by atoms with Gasteiger partial charge in [-0.15, -0.1) is 11.3 Å². The largest absolute Gasteiger partial charge is 0.464 e. The third-order valence-corrected chi connectivity index (χ3v) is 4.90. The first-order chi connectivity index (χ1) is 12.0. The maximum absolute atomic E-state index is 13.1. The van der Waals surface area contributed by atoms with E-state index in [4.69, 9.17) is 4.42 Å². The van der Waals surface area contributed by atoms with Crippen LogP contribution in [0.2, 0.25) is 0 Å². The topological polar surface area (TPSA) is 72.1 Å². The molecule has 0 aliphatic heterocycles. The van der Waals surface area contributed by atoms with Crippen molar-refractivity contribution in [2.45, 2.75) is 40.3 Å². The van der Waals surface area contributed by atoms with Crippen molar-refractivity contribution in [3.8, 4) is 10.8 Å². The average Bonchev–Trinajstić information content (AvgIpc) is 3.18. The summed E-state index contributed by atoms with van der Waals surface area (Å²) in [6.45, 7) is 8.14. The highest BCUT2D eigenvalue weighted by Crippen LogP contribution is 2.27. The second kappa shape index (κ2) is 7.14. The Morgan fingerprint density at radius 2 is 1.96 bits per heavy atom. The number of hydrogen-bond donors (Lipinski definition) is 0. The second-order valence-electron chi connectivity index (χ2n) is 6.05. The number of carbonyl (C=O) groups is 1. The van der Waals surface area contributed by atoms with Gasteiger partial charge in [-0.1, -0.05) is 0 Å². The lowest BCUT2D eigenvalue weighted by atomic mass is 10.2. The van der Waals surface area contributed by atoms with Gasteiger partial charge in [-0.05, 0) is 45.9 Å². The van der Waals surface area contributed by atoms with E-state index in [-0.39, 0.29) is 11.9 Å².